The lowest BCUT2D eigenvalue weighted by molar-refractivity contribution is -0.138. The molecule has 356 valence electrons. The first-order chi connectivity index (χ1) is 32.6. The first-order valence-corrected chi connectivity index (χ1v) is 23.8. The van der Waals surface area contributed by atoms with E-state index in [0.29, 0.717) is 59.7 Å². The monoisotopic (exact) mass is 949 g/mol. The minimum Gasteiger partial charge on any atom is -0.491 e. The maximum absolute atomic E-state index is 13.9. The number of sulfonamides is 1. The number of carbonyl (C=O) groups excluding carboxylic acids is 5. The Balaban J connectivity index is 0.854. The Hall–Kier alpha value is -7.19. The average Bonchev–Trinajstić information content (AvgIpc) is 3.77. The summed E-state index contributed by atoms with van der Waals surface area (Å²) in [4.78, 5) is 76.5. The summed E-state index contributed by atoms with van der Waals surface area (Å²) < 4.78 is 48.7. The lowest BCUT2D eigenvalue weighted by atomic mass is 9.86. The van der Waals surface area contributed by atoms with Gasteiger partial charge in [-0.15, -0.1) is 5.10 Å². The van der Waals surface area contributed by atoms with E-state index in [-0.39, 0.29) is 54.1 Å². The second-order valence-electron chi connectivity index (χ2n) is 17.1. The normalized spacial score (nSPS) is 18.3. The van der Waals surface area contributed by atoms with Gasteiger partial charge in [-0.2, -0.15) is 4.31 Å². The molecule has 5 amide bonds. The molecule has 0 radical (unpaired) electrons. The van der Waals surface area contributed by atoms with E-state index in [1.807, 2.05) is 38.1 Å². The number of carboxylic acids is 1. The maximum Gasteiger partial charge on any atom is 0.304 e. The van der Waals surface area contributed by atoms with Crippen LogP contribution >= 0.6 is 0 Å². The third-order valence-corrected chi connectivity index (χ3v) is 14.1. The zero-order valence-electron chi connectivity index (χ0n) is 37.7. The lowest BCUT2D eigenvalue weighted by Crippen LogP contribution is -2.54. The predicted octanol–water partition coefficient (Wildman–Crippen LogP) is 4.39. The van der Waals surface area contributed by atoms with E-state index in [2.05, 4.69) is 20.9 Å². The van der Waals surface area contributed by atoms with Gasteiger partial charge in [-0.25, -0.2) is 13.1 Å². The summed E-state index contributed by atoms with van der Waals surface area (Å²) in [5.41, 5.74) is 4.09. The number of para-hydroxylation sites is 1. The van der Waals surface area contributed by atoms with E-state index >= 15 is 0 Å². The fraction of sp³-hybridized carbons (Fsp3) is 0.375. The van der Waals surface area contributed by atoms with Gasteiger partial charge in [0.1, 0.15) is 45.3 Å². The molecule has 1 saturated heterocycles. The van der Waals surface area contributed by atoms with Gasteiger partial charge in [0.2, 0.25) is 21.8 Å². The number of unbranched alkanes of at least 4 members (excludes halogenated alkanes) is 3. The average molecular weight is 950 g/mol. The van der Waals surface area contributed by atoms with E-state index in [0.717, 1.165) is 28.9 Å². The minimum absolute atomic E-state index is 0.00757. The fourth-order valence-electron chi connectivity index (χ4n) is 8.84. The Morgan fingerprint density at radius 2 is 1.74 bits per heavy atom. The van der Waals surface area contributed by atoms with Crippen LogP contribution in [-0.2, 0) is 42.8 Å². The number of nitrogens with zero attached hydrogens (tertiary/aromatic N) is 5. The van der Waals surface area contributed by atoms with E-state index < -0.39 is 70.2 Å². The number of hydrogen-bond donors (Lipinski definition) is 3. The molecule has 0 spiro atoms. The number of fused-ring (bicyclic) bond motifs is 3. The Kier molecular flexibility index (Phi) is 13.9. The van der Waals surface area contributed by atoms with E-state index in [9.17, 15) is 42.3 Å². The summed E-state index contributed by atoms with van der Waals surface area (Å²) in [6, 6.07) is 19.1. The number of amides is 5. The minimum atomic E-state index is -3.92. The largest absolute Gasteiger partial charge is 0.491 e. The number of carbonyl (C=O) groups is 6. The summed E-state index contributed by atoms with van der Waals surface area (Å²) in [6.45, 7) is 4.18. The summed E-state index contributed by atoms with van der Waals surface area (Å²) in [5.74, 6) is -3.86. The third-order valence-electron chi connectivity index (χ3n) is 12.3. The smallest absolute Gasteiger partial charge is 0.304 e. The van der Waals surface area contributed by atoms with E-state index in [1.54, 1.807) is 36.0 Å². The van der Waals surface area contributed by atoms with Gasteiger partial charge in [0.25, 0.3) is 17.7 Å². The highest BCUT2D eigenvalue weighted by Crippen LogP contribution is 2.38. The van der Waals surface area contributed by atoms with Gasteiger partial charge in [-0.05, 0) is 91.8 Å². The quantitative estimate of drug-likeness (QED) is 0.0815. The first kappa shape index (κ1) is 47.3. The van der Waals surface area contributed by atoms with Crippen molar-refractivity contribution in [3.8, 4) is 17.2 Å². The number of nitrogens with one attached hydrogen (secondary N) is 2. The summed E-state index contributed by atoms with van der Waals surface area (Å²) in [5, 5.41) is 23.6. The number of piperidine rings is 1. The van der Waals surface area contributed by atoms with Crippen LogP contribution in [0.4, 0.5) is 0 Å². The zero-order valence-corrected chi connectivity index (χ0v) is 38.5. The molecule has 1 aromatic heterocycles. The van der Waals surface area contributed by atoms with Gasteiger partial charge in [0.15, 0.2) is 6.61 Å². The molecule has 0 saturated carbocycles. The van der Waals surface area contributed by atoms with Crippen molar-refractivity contribution in [1.82, 2.24) is 34.8 Å². The molecule has 5 aromatic rings. The number of aliphatic carboxylic acids is 1. The molecule has 3 atom stereocenters. The molecule has 3 aliphatic rings. The zero-order chi connectivity index (χ0) is 48.3. The standard InChI is InChI=1S/C48H51N7O12S/c1-28-15-16-30(21-32(28)26-54-25-29(2)67-37-12-6-7-14-40(37)68(54,63)64)34(24-43(58)59)31-22-35-45(53(3)52-51-35)39(23-31)65-20-9-5-4-8-19-49-42(57)27-66-38-13-10-11-33-44(38)48(62)55(47(33)61)36-17-18-41(56)50-46(36)60/h6-7,10-16,21-23,29,34,36H,4-5,8-9,17-20,24-27H2,1-3H3,(H,49,57)(H,58,59)(H,50,56,60). The summed E-state index contributed by atoms with van der Waals surface area (Å²) >= 11 is 0. The predicted molar refractivity (Wildman–Crippen MR) is 243 cm³/mol. The number of aromatic nitrogens is 3. The fourth-order valence-corrected chi connectivity index (χ4v) is 10.4. The van der Waals surface area contributed by atoms with Crippen LogP contribution in [0.15, 0.2) is 77.7 Å². The number of carboxylic acid groups (broad SMARTS) is 1. The molecular weight excluding hydrogens is 899 g/mol. The van der Waals surface area contributed by atoms with Crippen molar-refractivity contribution in [1.29, 1.82) is 0 Å². The molecule has 3 aliphatic heterocycles. The molecule has 1 fully saturated rings. The SMILES string of the molecule is Cc1ccc(C(CC(=O)O)c2cc(OCCCCCCNC(=O)COc3cccc4c3C(=O)N(C3CCC(=O)NC3=O)C4=O)c3c(c2)nnn3C)cc1CN1CC(C)Oc2ccccc2S1(=O)=O. The number of hydrogen-bond acceptors (Lipinski definition) is 13. The maximum atomic E-state index is 13.9. The number of aryl methyl sites for hydroxylation is 2. The summed E-state index contributed by atoms with van der Waals surface area (Å²) in [6.07, 6.45) is 2.21. The first-order valence-electron chi connectivity index (χ1n) is 22.4. The van der Waals surface area contributed by atoms with E-state index in [4.69, 9.17) is 14.2 Å². The summed E-state index contributed by atoms with van der Waals surface area (Å²) in [7, 11) is -2.17. The van der Waals surface area contributed by atoms with Crippen LogP contribution in [0, 0.1) is 6.92 Å². The van der Waals surface area contributed by atoms with Crippen LogP contribution < -0.4 is 24.8 Å². The van der Waals surface area contributed by atoms with Crippen molar-refractivity contribution in [3.63, 3.8) is 0 Å². The molecular formula is C48H51N7O12S. The molecule has 4 heterocycles. The van der Waals surface area contributed by atoms with Gasteiger partial charge >= 0.3 is 5.97 Å². The molecule has 4 aromatic carbocycles. The van der Waals surface area contributed by atoms with Crippen LogP contribution in [0.2, 0.25) is 0 Å². The van der Waals surface area contributed by atoms with Crippen molar-refractivity contribution in [2.24, 2.45) is 7.05 Å². The second-order valence-corrected chi connectivity index (χ2v) is 19.0. The van der Waals surface area contributed by atoms with Crippen molar-refractivity contribution in [2.45, 2.75) is 88.3 Å². The Bertz CT molecular complexity index is 2940. The second kappa shape index (κ2) is 20.0. The van der Waals surface area contributed by atoms with Gasteiger partial charge < -0.3 is 24.6 Å². The number of rotatable bonds is 18. The highest BCUT2D eigenvalue weighted by Gasteiger charge is 2.46. The Labute approximate surface area is 391 Å². The van der Waals surface area contributed by atoms with Crippen LogP contribution in [0.25, 0.3) is 11.0 Å². The van der Waals surface area contributed by atoms with Gasteiger partial charge in [-0.1, -0.05) is 54.5 Å². The molecule has 0 bridgehead atoms. The van der Waals surface area contributed by atoms with Crippen molar-refractivity contribution in [3.05, 3.63) is 106 Å². The third kappa shape index (κ3) is 9.91. The van der Waals surface area contributed by atoms with Gasteiger partial charge in [0, 0.05) is 32.5 Å². The van der Waals surface area contributed by atoms with Crippen LogP contribution in [0.3, 0.4) is 0 Å². The molecule has 68 heavy (non-hydrogen) atoms. The highest BCUT2D eigenvalue weighted by atomic mass is 32.2. The number of benzene rings is 4. The molecule has 0 aliphatic carbocycles. The molecule has 19 nitrogen and oxygen atoms in total. The van der Waals surface area contributed by atoms with Crippen molar-refractivity contribution >= 4 is 56.6 Å². The Morgan fingerprint density at radius 1 is 0.941 bits per heavy atom. The highest BCUT2D eigenvalue weighted by molar-refractivity contribution is 7.89. The van der Waals surface area contributed by atoms with Crippen LogP contribution in [0.5, 0.6) is 17.2 Å². The van der Waals surface area contributed by atoms with Crippen LogP contribution in [0.1, 0.15) is 101 Å². The van der Waals surface area contributed by atoms with E-state index in [1.165, 1.54) is 28.6 Å². The van der Waals surface area contributed by atoms with Gasteiger partial charge in [-0.3, -0.25) is 39.0 Å². The molecule has 3 N–H and O–H groups in total. The Morgan fingerprint density at radius 3 is 2.53 bits per heavy atom. The topological polar surface area (TPSA) is 246 Å². The van der Waals surface area contributed by atoms with Crippen molar-refractivity contribution in [2.75, 3.05) is 26.3 Å². The lowest BCUT2D eigenvalue weighted by Gasteiger charge is -2.27. The molecule has 8 rings (SSSR count). The molecule has 3 unspecified atom stereocenters. The van der Waals surface area contributed by atoms with Gasteiger partial charge in [0.05, 0.1) is 30.7 Å². The molecule has 20 heteroatoms. The van der Waals surface area contributed by atoms with Crippen molar-refractivity contribution < 1.29 is 56.5 Å². The van der Waals surface area contributed by atoms with Crippen LogP contribution in [-0.4, -0.2) is 112 Å². The number of imide groups is 2. The number of ether oxygens (including phenoxy) is 3.